The van der Waals surface area contributed by atoms with Crippen LogP contribution in [0.5, 0.6) is 0 Å². The highest BCUT2D eigenvalue weighted by atomic mass is 16.4. The number of rotatable bonds is 6. The van der Waals surface area contributed by atoms with Gasteiger partial charge >= 0.3 is 0 Å². The third-order valence-corrected chi connectivity index (χ3v) is 2.74. The van der Waals surface area contributed by atoms with Crippen molar-refractivity contribution >= 4 is 5.97 Å². The lowest BCUT2D eigenvalue weighted by molar-refractivity contribution is -0.925. The maximum Gasteiger partial charge on any atom is 0.0783 e. The fourth-order valence-corrected chi connectivity index (χ4v) is 1.92. The van der Waals surface area contributed by atoms with Gasteiger partial charge in [-0.15, -0.1) is 0 Å². The number of quaternary nitrogens is 1. The number of aliphatic carboxylic acids is 1. The van der Waals surface area contributed by atoms with Gasteiger partial charge in [0.25, 0.3) is 0 Å². The SMILES string of the molecule is CC(=O)[O-].CCC[N+](CC)(CC)CCC. The monoisotopic (exact) mass is 217 g/mol. The lowest BCUT2D eigenvalue weighted by Crippen LogP contribution is -2.48. The number of carboxylic acid groups (broad SMARTS) is 1. The molecule has 3 heteroatoms. The summed E-state index contributed by atoms with van der Waals surface area (Å²) in [7, 11) is 0. The molecule has 0 spiro atoms. The summed E-state index contributed by atoms with van der Waals surface area (Å²) in [5.74, 6) is -1.08. The highest BCUT2D eigenvalue weighted by molar-refractivity contribution is 5.60. The predicted molar refractivity (Wildman–Crippen MR) is 62.3 cm³/mol. The number of hydrogen-bond acceptors (Lipinski definition) is 2. The van der Waals surface area contributed by atoms with Crippen molar-refractivity contribution < 1.29 is 14.4 Å². The Kier molecular flexibility index (Phi) is 11.2. The van der Waals surface area contributed by atoms with Crippen LogP contribution in [0.4, 0.5) is 0 Å². The van der Waals surface area contributed by atoms with Gasteiger partial charge < -0.3 is 14.4 Å². The van der Waals surface area contributed by atoms with E-state index in [1.54, 1.807) is 0 Å². The number of carboxylic acids is 1. The van der Waals surface area contributed by atoms with E-state index >= 15 is 0 Å². The zero-order chi connectivity index (χ0) is 12.3. The first-order chi connectivity index (χ1) is 6.97. The molecule has 0 atom stereocenters. The van der Waals surface area contributed by atoms with E-state index in [9.17, 15) is 0 Å². The van der Waals surface area contributed by atoms with Crippen molar-refractivity contribution in [2.45, 2.75) is 47.5 Å². The van der Waals surface area contributed by atoms with Crippen molar-refractivity contribution in [1.29, 1.82) is 0 Å². The Morgan fingerprint density at radius 1 is 1.00 bits per heavy atom. The van der Waals surface area contributed by atoms with E-state index in [0.29, 0.717) is 0 Å². The molecule has 0 radical (unpaired) electrons. The van der Waals surface area contributed by atoms with Crippen LogP contribution in [0.3, 0.4) is 0 Å². The summed E-state index contributed by atoms with van der Waals surface area (Å²) in [6, 6.07) is 0. The third-order valence-electron chi connectivity index (χ3n) is 2.74. The second-order valence-corrected chi connectivity index (χ2v) is 3.91. The summed E-state index contributed by atoms with van der Waals surface area (Å²) in [6.45, 7) is 15.5. The molecule has 0 fully saturated rings. The van der Waals surface area contributed by atoms with Crippen LogP contribution in [0.25, 0.3) is 0 Å². The van der Waals surface area contributed by atoms with Gasteiger partial charge in [-0.25, -0.2) is 0 Å². The van der Waals surface area contributed by atoms with Gasteiger partial charge in [0.1, 0.15) is 0 Å². The van der Waals surface area contributed by atoms with E-state index in [2.05, 4.69) is 27.7 Å². The molecule has 0 heterocycles. The Morgan fingerprint density at radius 2 is 1.27 bits per heavy atom. The number of carbonyl (C=O) groups is 1. The van der Waals surface area contributed by atoms with Crippen LogP contribution in [-0.2, 0) is 4.79 Å². The molecule has 0 saturated carbocycles. The van der Waals surface area contributed by atoms with E-state index in [4.69, 9.17) is 9.90 Å². The normalized spacial score (nSPS) is 10.5. The second-order valence-electron chi connectivity index (χ2n) is 3.91. The van der Waals surface area contributed by atoms with E-state index in [1.807, 2.05) is 0 Å². The van der Waals surface area contributed by atoms with Gasteiger partial charge in [0.05, 0.1) is 26.2 Å². The lowest BCUT2D eigenvalue weighted by atomic mass is 10.2. The fraction of sp³-hybridized carbons (Fsp3) is 0.917. The Hall–Kier alpha value is -0.570. The standard InChI is InChI=1S/C10H24N.C2H4O2/c1-5-9-11(7-3,8-4)10-6-2;1-2(3)4/h5-10H2,1-4H3;1H3,(H,3,4)/q+1;/p-1. The zero-order valence-electron chi connectivity index (χ0n) is 11.0. The highest BCUT2D eigenvalue weighted by Crippen LogP contribution is 2.08. The summed E-state index contributed by atoms with van der Waals surface area (Å²) < 4.78 is 1.33. The molecule has 0 aromatic rings. The summed E-state index contributed by atoms with van der Waals surface area (Å²) in [4.78, 5) is 8.89. The number of nitrogens with zero attached hydrogens (tertiary/aromatic N) is 1. The Morgan fingerprint density at radius 3 is 1.40 bits per heavy atom. The Labute approximate surface area is 94.7 Å². The lowest BCUT2D eigenvalue weighted by Gasteiger charge is -2.36. The molecule has 0 unspecified atom stereocenters. The molecule has 0 aromatic heterocycles. The zero-order valence-corrected chi connectivity index (χ0v) is 11.0. The molecule has 3 nitrogen and oxygen atoms in total. The van der Waals surface area contributed by atoms with Crippen LogP contribution in [0.2, 0.25) is 0 Å². The quantitative estimate of drug-likeness (QED) is 0.631. The molecule has 0 rings (SSSR count). The minimum absolute atomic E-state index is 0.972. The van der Waals surface area contributed by atoms with Crippen molar-refractivity contribution in [2.75, 3.05) is 26.2 Å². The van der Waals surface area contributed by atoms with E-state index in [1.165, 1.54) is 43.5 Å². The third kappa shape index (κ3) is 9.73. The Balaban J connectivity index is 0. The van der Waals surface area contributed by atoms with Crippen LogP contribution >= 0.6 is 0 Å². The van der Waals surface area contributed by atoms with Crippen LogP contribution in [0.1, 0.15) is 47.5 Å². The van der Waals surface area contributed by atoms with Crippen molar-refractivity contribution in [3.05, 3.63) is 0 Å². The van der Waals surface area contributed by atoms with Gasteiger partial charge in [0.15, 0.2) is 0 Å². The predicted octanol–water partition coefficient (Wildman–Crippen LogP) is 1.42. The smallest absolute Gasteiger partial charge is 0.0783 e. The van der Waals surface area contributed by atoms with Crippen molar-refractivity contribution in [3.8, 4) is 0 Å². The van der Waals surface area contributed by atoms with Gasteiger partial charge in [-0.1, -0.05) is 13.8 Å². The first-order valence-electron chi connectivity index (χ1n) is 6.00. The molecule has 0 amide bonds. The Bertz CT molecular complexity index is 142. The molecule has 0 aliphatic rings. The van der Waals surface area contributed by atoms with Gasteiger partial charge in [0, 0.05) is 5.97 Å². The molecule has 0 N–H and O–H groups in total. The fourth-order valence-electron chi connectivity index (χ4n) is 1.92. The van der Waals surface area contributed by atoms with Crippen molar-refractivity contribution in [2.24, 2.45) is 0 Å². The van der Waals surface area contributed by atoms with Crippen LogP contribution in [-0.4, -0.2) is 36.6 Å². The topological polar surface area (TPSA) is 40.1 Å². The molecular formula is C12H27NO2. The van der Waals surface area contributed by atoms with Crippen LogP contribution in [0, 0.1) is 0 Å². The molecule has 15 heavy (non-hydrogen) atoms. The van der Waals surface area contributed by atoms with Crippen molar-refractivity contribution in [3.63, 3.8) is 0 Å². The van der Waals surface area contributed by atoms with E-state index in [-0.39, 0.29) is 0 Å². The second kappa shape index (κ2) is 9.97. The first kappa shape index (κ1) is 16.8. The van der Waals surface area contributed by atoms with Crippen LogP contribution in [0.15, 0.2) is 0 Å². The van der Waals surface area contributed by atoms with E-state index < -0.39 is 5.97 Å². The van der Waals surface area contributed by atoms with Gasteiger partial charge in [-0.3, -0.25) is 0 Å². The largest absolute Gasteiger partial charge is 0.550 e. The van der Waals surface area contributed by atoms with Gasteiger partial charge in [-0.05, 0) is 33.6 Å². The molecule has 92 valence electrons. The minimum Gasteiger partial charge on any atom is -0.550 e. The summed E-state index contributed by atoms with van der Waals surface area (Å²) in [5.41, 5.74) is 0. The maximum absolute atomic E-state index is 8.89. The highest BCUT2D eigenvalue weighted by Gasteiger charge is 2.19. The molecule has 0 aliphatic heterocycles. The number of hydrogen-bond donors (Lipinski definition) is 0. The first-order valence-corrected chi connectivity index (χ1v) is 6.00. The maximum atomic E-state index is 8.89. The molecule has 0 aromatic carbocycles. The minimum atomic E-state index is -1.08. The molecule has 0 bridgehead atoms. The average molecular weight is 217 g/mol. The molecule has 0 aliphatic carbocycles. The van der Waals surface area contributed by atoms with Crippen molar-refractivity contribution in [1.82, 2.24) is 0 Å². The van der Waals surface area contributed by atoms with Gasteiger partial charge in [0.2, 0.25) is 0 Å². The molecular weight excluding hydrogens is 190 g/mol. The van der Waals surface area contributed by atoms with E-state index in [0.717, 1.165) is 6.92 Å². The molecule has 0 saturated heterocycles. The van der Waals surface area contributed by atoms with Gasteiger partial charge in [-0.2, -0.15) is 0 Å². The summed E-state index contributed by atoms with van der Waals surface area (Å²) >= 11 is 0. The summed E-state index contributed by atoms with van der Waals surface area (Å²) in [5, 5.41) is 8.89. The number of carbonyl (C=O) groups excluding carboxylic acids is 1. The average Bonchev–Trinajstić information content (AvgIpc) is 2.16. The summed E-state index contributed by atoms with van der Waals surface area (Å²) in [6.07, 6.45) is 2.64. The van der Waals surface area contributed by atoms with Crippen LogP contribution < -0.4 is 5.11 Å².